The van der Waals surface area contributed by atoms with E-state index in [1.807, 2.05) is 18.2 Å². The fraction of sp³-hybridized carbons (Fsp3) is 0.286. The fourth-order valence-corrected chi connectivity index (χ4v) is 1.93. The average molecular weight is 258 g/mol. The van der Waals surface area contributed by atoms with Gasteiger partial charge in [-0.1, -0.05) is 13.8 Å². The third-order valence-electron chi connectivity index (χ3n) is 2.93. The Kier molecular flexibility index (Phi) is 3.97. The Hall–Kier alpha value is -2.14. The molecule has 1 aromatic carbocycles. The predicted octanol–water partition coefficient (Wildman–Crippen LogP) is 2.56. The molecule has 5 heteroatoms. The van der Waals surface area contributed by atoms with Crippen LogP contribution in [0.5, 0.6) is 5.75 Å². The van der Waals surface area contributed by atoms with Crippen LogP contribution < -0.4 is 16.0 Å². The monoisotopic (exact) mass is 258 g/mol. The molecule has 3 N–H and O–H groups in total. The van der Waals surface area contributed by atoms with E-state index in [4.69, 9.17) is 10.6 Å². The molecule has 0 atom stereocenters. The number of nitrogens with one attached hydrogen (secondary N) is 1. The Morgan fingerprint density at radius 1 is 1.26 bits per heavy atom. The van der Waals surface area contributed by atoms with Crippen molar-refractivity contribution < 1.29 is 4.74 Å². The number of ether oxygens (including phenoxy) is 1. The molecule has 0 amide bonds. The van der Waals surface area contributed by atoms with E-state index in [2.05, 4.69) is 35.3 Å². The van der Waals surface area contributed by atoms with E-state index in [0.29, 0.717) is 11.9 Å². The van der Waals surface area contributed by atoms with Gasteiger partial charge in [0.05, 0.1) is 12.8 Å². The second-order valence-electron chi connectivity index (χ2n) is 4.52. The summed E-state index contributed by atoms with van der Waals surface area (Å²) in [6, 6.07) is 7.88. The van der Waals surface area contributed by atoms with Gasteiger partial charge in [0, 0.05) is 11.8 Å². The Balaban J connectivity index is 2.47. The first kappa shape index (κ1) is 13.3. The fourth-order valence-electron chi connectivity index (χ4n) is 1.93. The summed E-state index contributed by atoms with van der Waals surface area (Å²) in [5.41, 5.74) is 5.45. The van der Waals surface area contributed by atoms with Gasteiger partial charge >= 0.3 is 0 Å². The number of hydrogen-bond acceptors (Lipinski definition) is 5. The van der Waals surface area contributed by atoms with E-state index in [1.165, 1.54) is 0 Å². The Morgan fingerprint density at radius 2 is 2.05 bits per heavy atom. The topological polar surface area (TPSA) is 73.1 Å². The van der Waals surface area contributed by atoms with E-state index in [0.717, 1.165) is 22.6 Å². The van der Waals surface area contributed by atoms with Gasteiger partial charge in [0.15, 0.2) is 0 Å². The van der Waals surface area contributed by atoms with Crippen LogP contribution in [0.1, 0.15) is 25.3 Å². The molecule has 0 bridgehead atoms. The SMILES string of the molecule is COc1ccc(-c2ccnc(NN)n2)cc1C(C)C. The average Bonchev–Trinajstić information content (AvgIpc) is 2.46. The molecule has 100 valence electrons. The normalized spacial score (nSPS) is 10.6. The van der Waals surface area contributed by atoms with Crippen LogP contribution in [0.3, 0.4) is 0 Å². The number of benzene rings is 1. The smallest absolute Gasteiger partial charge is 0.237 e. The van der Waals surface area contributed by atoms with Crippen molar-refractivity contribution in [1.82, 2.24) is 9.97 Å². The lowest BCUT2D eigenvalue weighted by atomic mass is 9.98. The van der Waals surface area contributed by atoms with E-state index in [1.54, 1.807) is 13.3 Å². The molecule has 0 fully saturated rings. The predicted molar refractivity (Wildman–Crippen MR) is 75.9 cm³/mol. The van der Waals surface area contributed by atoms with Crippen LogP contribution in [0.15, 0.2) is 30.5 Å². The largest absolute Gasteiger partial charge is 0.496 e. The molecule has 0 unspecified atom stereocenters. The lowest BCUT2D eigenvalue weighted by Crippen LogP contribution is -2.10. The number of nitrogen functional groups attached to an aromatic ring is 1. The summed E-state index contributed by atoms with van der Waals surface area (Å²) < 4.78 is 5.38. The summed E-state index contributed by atoms with van der Waals surface area (Å²) in [6.07, 6.45) is 1.68. The van der Waals surface area contributed by atoms with E-state index in [-0.39, 0.29) is 0 Å². The zero-order chi connectivity index (χ0) is 13.8. The zero-order valence-electron chi connectivity index (χ0n) is 11.3. The molecule has 2 rings (SSSR count). The number of anilines is 1. The molecule has 0 radical (unpaired) electrons. The van der Waals surface area contributed by atoms with Crippen LogP contribution in [-0.4, -0.2) is 17.1 Å². The summed E-state index contributed by atoms with van der Waals surface area (Å²) in [4.78, 5) is 8.33. The zero-order valence-corrected chi connectivity index (χ0v) is 11.3. The van der Waals surface area contributed by atoms with Crippen molar-refractivity contribution in [1.29, 1.82) is 0 Å². The van der Waals surface area contributed by atoms with Crippen LogP contribution >= 0.6 is 0 Å². The minimum Gasteiger partial charge on any atom is -0.496 e. The first-order valence-electron chi connectivity index (χ1n) is 6.13. The number of methoxy groups -OCH3 is 1. The third-order valence-corrected chi connectivity index (χ3v) is 2.93. The number of hydrazine groups is 1. The minimum atomic E-state index is 0.379. The van der Waals surface area contributed by atoms with Crippen molar-refractivity contribution in [2.24, 2.45) is 5.84 Å². The highest BCUT2D eigenvalue weighted by Gasteiger charge is 2.10. The van der Waals surface area contributed by atoms with Gasteiger partial charge < -0.3 is 4.74 Å². The Labute approximate surface area is 112 Å². The van der Waals surface area contributed by atoms with Crippen LogP contribution in [-0.2, 0) is 0 Å². The number of nitrogens with zero attached hydrogens (tertiary/aromatic N) is 2. The summed E-state index contributed by atoms with van der Waals surface area (Å²) in [5, 5.41) is 0. The van der Waals surface area contributed by atoms with Gasteiger partial charge in [-0.05, 0) is 35.7 Å². The number of rotatable bonds is 4. The number of hydrogen-bond donors (Lipinski definition) is 2. The van der Waals surface area contributed by atoms with Gasteiger partial charge in [0.1, 0.15) is 5.75 Å². The molecule has 0 saturated carbocycles. The van der Waals surface area contributed by atoms with Gasteiger partial charge in [-0.3, -0.25) is 5.43 Å². The van der Waals surface area contributed by atoms with Gasteiger partial charge in [0.2, 0.25) is 5.95 Å². The highest BCUT2D eigenvalue weighted by atomic mass is 16.5. The first-order valence-corrected chi connectivity index (χ1v) is 6.13. The Morgan fingerprint density at radius 3 is 2.68 bits per heavy atom. The van der Waals surface area contributed by atoms with Crippen molar-refractivity contribution in [3.63, 3.8) is 0 Å². The molecule has 1 aromatic heterocycles. The molecule has 0 aliphatic heterocycles. The molecule has 0 spiro atoms. The molecule has 0 aliphatic carbocycles. The lowest BCUT2D eigenvalue weighted by molar-refractivity contribution is 0.407. The maximum Gasteiger partial charge on any atom is 0.237 e. The lowest BCUT2D eigenvalue weighted by Gasteiger charge is -2.13. The van der Waals surface area contributed by atoms with E-state index < -0.39 is 0 Å². The number of nitrogens with two attached hydrogens (primary N) is 1. The van der Waals surface area contributed by atoms with E-state index in [9.17, 15) is 0 Å². The van der Waals surface area contributed by atoms with Gasteiger partial charge in [-0.25, -0.2) is 15.8 Å². The minimum absolute atomic E-state index is 0.379. The molecule has 0 aliphatic rings. The van der Waals surface area contributed by atoms with Crippen LogP contribution in [0.4, 0.5) is 5.95 Å². The molecule has 0 saturated heterocycles. The quantitative estimate of drug-likeness (QED) is 0.651. The molecule has 5 nitrogen and oxygen atoms in total. The standard InChI is InChI=1S/C14H18N4O/c1-9(2)11-8-10(4-5-13(11)19-3)12-6-7-16-14(17-12)18-15/h4-9H,15H2,1-3H3,(H,16,17,18). The second kappa shape index (κ2) is 5.67. The van der Waals surface area contributed by atoms with Crippen LogP contribution in [0.2, 0.25) is 0 Å². The van der Waals surface area contributed by atoms with E-state index >= 15 is 0 Å². The summed E-state index contributed by atoms with van der Waals surface area (Å²) in [6.45, 7) is 4.27. The van der Waals surface area contributed by atoms with Crippen LogP contribution in [0, 0.1) is 0 Å². The third kappa shape index (κ3) is 2.82. The molecular formula is C14H18N4O. The molecular weight excluding hydrogens is 240 g/mol. The highest BCUT2D eigenvalue weighted by molar-refractivity contribution is 5.63. The summed E-state index contributed by atoms with van der Waals surface area (Å²) in [7, 11) is 1.68. The molecule has 19 heavy (non-hydrogen) atoms. The summed E-state index contributed by atoms with van der Waals surface area (Å²) in [5.74, 6) is 7.00. The highest BCUT2D eigenvalue weighted by Crippen LogP contribution is 2.30. The van der Waals surface area contributed by atoms with Gasteiger partial charge in [-0.2, -0.15) is 0 Å². The van der Waals surface area contributed by atoms with Crippen molar-refractivity contribution >= 4 is 5.95 Å². The van der Waals surface area contributed by atoms with Crippen molar-refractivity contribution in [3.8, 4) is 17.0 Å². The summed E-state index contributed by atoms with van der Waals surface area (Å²) >= 11 is 0. The van der Waals surface area contributed by atoms with Crippen molar-refractivity contribution in [2.75, 3.05) is 12.5 Å². The molecule has 1 heterocycles. The van der Waals surface area contributed by atoms with Crippen molar-refractivity contribution in [3.05, 3.63) is 36.0 Å². The first-order chi connectivity index (χ1) is 9.15. The van der Waals surface area contributed by atoms with Crippen LogP contribution in [0.25, 0.3) is 11.3 Å². The van der Waals surface area contributed by atoms with Gasteiger partial charge in [0.25, 0.3) is 0 Å². The Bertz CT molecular complexity index is 569. The maximum atomic E-state index is 5.38. The molecule has 2 aromatic rings. The van der Waals surface area contributed by atoms with Crippen molar-refractivity contribution in [2.45, 2.75) is 19.8 Å². The number of aromatic nitrogens is 2. The maximum absolute atomic E-state index is 5.38. The van der Waals surface area contributed by atoms with Gasteiger partial charge in [-0.15, -0.1) is 0 Å². The second-order valence-corrected chi connectivity index (χ2v) is 4.52.